The number of para-hydroxylation sites is 1. The van der Waals surface area contributed by atoms with Crippen LogP contribution in [0.2, 0.25) is 0 Å². The molecule has 0 N–H and O–H groups in total. The quantitative estimate of drug-likeness (QED) is 0.260. The summed E-state index contributed by atoms with van der Waals surface area (Å²) in [5.41, 5.74) is 5.94. The number of hydrogen-bond donors (Lipinski definition) is 0. The van der Waals surface area contributed by atoms with Crippen LogP contribution >= 0.6 is 11.8 Å². The summed E-state index contributed by atoms with van der Waals surface area (Å²) in [5.74, 6) is 0.944. The van der Waals surface area contributed by atoms with E-state index in [1.807, 2.05) is 12.3 Å². The summed E-state index contributed by atoms with van der Waals surface area (Å²) in [7, 11) is 0. The summed E-state index contributed by atoms with van der Waals surface area (Å²) < 4.78 is 6.52. The third-order valence-electron chi connectivity index (χ3n) is 6.57. The van der Waals surface area contributed by atoms with Gasteiger partial charge in [0.15, 0.2) is 11.3 Å². The monoisotopic (exact) mass is 477 g/mol. The lowest BCUT2D eigenvalue weighted by atomic mass is 10.2. The van der Waals surface area contributed by atoms with Crippen molar-refractivity contribution in [2.24, 2.45) is 0 Å². The average Bonchev–Trinajstić information content (AvgIpc) is 3.52. The van der Waals surface area contributed by atoms with Crippen LogP contribution in [0.4, 0.5) is 11.4 Å². The van der Waals surface area contributed by atoms with Gasteiger partial charge in [0.1, 0.15) is 5.76 Å². The molecule has 0 radical (unpaired) electrons. The summed E-state index contributed by atoms with van der Waals surface area (Å²) >= 11 is 1.63. The fraction of sp³-hybridized carbons (Fsp3) is 0.167. The van der Waals surface area contributed by atoms with Gasteiger partial charge in [0.05, 0.1) is 5.52 Å². The van der Waals surface area contributed by atoms with Gasteiger partial charge in [-0.1, -0.05) is 53.6 Å². The number of aryl methyl sites for hydroxylation is 2. The van der Waals surface area contributed by atoms with Crippen molar-refractivity contribution in [2.45, 2.75) is 30.0 Å². The average molecular weight is 478 g/mol. The second-order valence-corrected chi connectivity index (χ2v) is 10.1. The number of nitrogens with zero attached hydrogens (tertiary/aromatic N) is 3. The largest absolute Gasteiger partial charge is 0.450 e. The Hall–Kier alpha value is -3.70. The van der Waals surface area contributed by atoms with E-state index >= 15 is 0 Å². The van der Waals surface area contributed by atoms with Crippen molar-refractivity contribution in [3.05, 3.63) is 114 Å². The smallest absolute Gasteiger partial charge is 0.165 e. The van der Waals surface area contributed by atoms with Crippen molar-refractivity contribution in [1.82, 2.24) is 4.98 Å². The standard InChI is InChI=1S/C30H27N3OS/c1-21-8-12-24(13-9-21)32-19-20-33(25-14-10-22(2)11-15-25)30(32)26-16-17-28(34-26)35-27-7-3-5-23-6-4-18-31-29(23)27/h3-18,30H,19-20H2,1-2H3. The topological polar surface area (TPSA) is 32.5 Å². The number of pyridine rings is 1. The Labute approximate surface area is 210 Å². The number of rotatable bonds is 5. The van der Waals surface area contributed by atoms with Gasteiger partial charge in [-0.25, -0.2) is 0 Å². The second kappa shape index (κ2) is 9.16. The number of hydrogen-bond acceptors (Lipinski definition) is 5. The number of anilines is 2. The van der Waals surface area contributed by atoms with Gasteiger partial charge in [-0.2, -0.15) is 0 Å². The van der Waals surface area contributed by atoms with Crippen LogP contribution in [0, 0.1) is 13.8 Å². The van der Waals surface area contributed by atoms with Crippen LogP contribution < -0.4 is 9.80 Å². The molecule has 3 aromatic carbocycles. The molecule has 174 valence electrons. The number of furan rings is 1. The predicted molar refractivity (Wildman–Crippen MR) is 144 cm³/mol. The van der Waals surface area contributed by atoms with Crippen molar-refractivity contribution in [3.8, 4) is 0 Å². The highest BCUT2D eigenvalue weighted by molar-refractivity contribution is 7.99. The molecule has 0 bridgehead atoms. The van der Waals surface area contributed by atoms with Gasteiger partial charge in [0.2, 0.25) is 0 Å². The van der Waals surface area contributed by atoms with E-state index in [2.05, 4.69) is 114 Å². The van der Waals surface area contributed by atoms with Gasteiger partial charge in [-0.15, -0.1) is 0 Å². The molecule has 35 heavy (non-hydrogen) atoms. The van der Waals surface area contributed by atoms with Gasteiger partial charge >= 0.3 is 0 Å². The van der Waals surface area contributed by atoms with Gasteiger partial charge < -0.3 is 14.2 Å². The van der Waals surface area contributed by atoms with Crippen molar-refractivity contribution in [1.29, 1.82) is 0 Å². The first-order valence-corrected chi connectivity index (χ1v) is 12.8. The minimum absolute atomic E-state index is 0.0135. The molecule has 3 heterocycles. The van der Waals surface area contributed by atoms with E-state index in [1.165, 1.54) is 22.5 Å². The summed E-state index contributed by atoms with van der Waals surface area (Å²) in [6, 6.07) is 32.1. The summed E-state index contributed by atoms with van der Waals surface area (Å²) in [6.07, 6.45) is 1.83. The fourth-order valence-electron chi connectivity index (χ4n) is 4.74. The molecule has 0 unspecified atom stereocenters. The lowest BCUT2D eigenvalue weighted by Crippen LogP contribution is -2.30. The molecule has 2 aromatic heterocycles. The highest BCUT2D eigenvalue weighted by Gasteiger charge is 2.36. The van der Waals surface area contributed by atoms with Crippen molar-refractivity contribution in [2.75, 3.05) is 22.9 Å². The predicted octanol–water partition coefficient (Wildman–Crippen LogP) is 7.62. The lowest BCUT2D eigenvalue weighted by Gasteiger charge is -2.31. The van der Waals surface area contributed by atoms with Gasteiger partial charge in [0, 0.05) is 40.9 Å². The molecular weight excluding hydrogens is 450 g/mol. The van der Waals surface area contributed by atoms with Crippen molar-refractivity contribution >= 4 is 34.0 Å². The number of benzene rings is 3. The minimum atomic E-state index is -0.0135. The molecule has 0 amide bonds. The number of aromatic nitrogens is 1. The highest BCUT2D eigenvalue weighted by Crippen LogP contribution is 2.41. The van der Waals surface area contributed by atoms with E-state index < -0.39 is 0 Å². The van der Waals surface area contributed by atoms with Crippen molar-refractivity contribution < 1.29 is 4.42 Å². The molecule has 4 nitrogen and oxygen atoms in total. The molecule has 0 aliphatic carbocycles. The maximum absolute atomic E-state index is 6.52. The Morgan fingerprint density at radius 2 is 1.37 bits per heavy atom. The molecule has 1 aliphatic rings. The van der Waals surface area contributed by atoms with Gasteiger partial charge in [0.25, 0.3) is 0 Å². The molecule has 1 saturated heterocycles. The third kappa shape index (κ3) is 4.28. The normalized spacial score (nSPS) is 14.2. The van der Waals surface area contributed by atoms with E-state index in [9.17, 15) is 0 Å². The van der Waals surface area contributed by atoms with Gasteiger partial charge in [-0.05, 0) is 74.1 Å². The van der Waals surface area contributed by atoms with Crippen LogP contribution in [-0.4, -0.2) is 18.1 Å². The third-order valence-corrected chi connectivity index (χ3v) is 7.54. The van der Waals surface area contributed by atoms with E-state index in [4.69, 9.17) is 4.42 Å². The first-order chi connectivity index (χ1) is 17.2. The molecule has 1 fully saturated rings. The zero-order valence-electron chi connectivity index (χ0n) is 19.9. The molecule has 1 aliphatic heterocycles. The van der Waals surface area contributed by atoms with Crippen LogP contribution in [0.3, 0.4) is 0 Å². The highest BCUT2D eigenvalue weighted by atomic mass is 32.2. The van der Waals surface area contributed by atoms with Crippen LogP contribution in [0.1, 0.15) is 23.1 Å². The van der Waals surface area contributed by atoms with E-state index in [0.717, 1.165) is 39.7 Å². The molecule has 6 rings (SSSR count). The Kier molecular flexibility index (Phi) is 5.71. The Morgan fingerprint density at radius 3 is 2.03 bits per heavy atom. The van der Waals surface area contributed by atoms with Gasteiger partial charge in [-0.3, -0.25) is 4.98 Å². The Bertz CT molecular complexity index is 1400. The first-order valence-electron chi connectivity index (χ1n) is 11.9. The Balaban J connectivity index is 1.36. The van der Waals surface area contributed by atoms with Crippen LogP contribution in [0.5, 0.6) is 0 Å². The minimum Gasteiger partial charge on any atom is -0.450 e. The van der Waals surface area contributed by atoms with E-state index in [0.29, 0.717) is 0 Å². The summed E-state index contributed by atoms with van der Waals surface area (Å²) in [4.78, 5) is 10.6. The molecule has 0 spiro atoms. The molecule has 0 saturated carbocycles. The Morgan fingerprint density at radius 1 is 0.743 bits per heavy atom. The van der Waals surface area contributed by atoms with E-state index in [-0.39, 0.29) is 6.17 Å². The zero-order chi connectivity index (χ0) is 23.8. The van der Waals surface area contributed by atoms with Crippen LogP contribution in [0.15, 0.2) is 112 Å². The van der Waals surface area contributed by atoms with E-state index in [1.54, 1.807) is 11.8 Å². The first kappa shape index (κ1) is 21.8. The molecule has 5 aromatic rings. The fourth-order valence-corrected chi connectivity index (χ4v) is 5.65. The maximum atomic E-state index is 6.52. The lowest BCUT2D eigenvalue weighted by molar-refractivity contribution is 0.403. The van der Waals surface area contributed by atoms with Crippen LogP contribution in [-0.2, 0) is 0 Å². The molecule has 5 heteroatoms. The summed E-state index contributed by atoms with van der Waals surface area (Å²) in [6.45, 7) is 6.11. The maximum Gasteiger partial charge on any atom is 0.165 e. The summed E-state index contributed by atoms with van der Waals surface area (Å²) in [5, 5.41) is 2.01. The van der Waals surface area contributed by atoms with Crippen LogP contribution in [0.25, 0.3) is 10.9 Å². The SMILES string of the molecule is Cc1ccc(N2CCN(c3ccc(C)cc3)C2c2ccc(Sc3cccc4cccnc34)o2)cc1. The molecular formula is C30H27N3OS. The van der Waals surface area contributed by atoms with Crippen molar-refractivity contribution in [3.63, 3.8) is 0 Å². The molecule has 0 atom stereocenters. The second-order valence-electron chi connectivity index (χ2n) is 9.02. The number of fused-ring (bicyclic) bond motifs is 1. The zero-order valence-corrected chi connectivity index (χ0v) is 20.7.